The van der Waals surface area contributed by atoms with Crippen LogP contribution in [0.5, 0.6) is 5.75 Å². The van der Waals surface area contributed by atoms with E-state index in [-0.39, 0.29) is 5.97 Å². The lowest BCUT2D eigenvalue weighted by Gasteiger charge is -2.32. The van der Waals surface area contributed by atoms with Crippen molar-refractivity contribution in [3.05, 3.63) is 35.4 Å². The maximum absolute atomic E-state index is 12.5. The third-order valence-corrected chi connectivity index (χ3v) is 4.09. The lowest BCUT2D eigenvalue weighted by molar-refractivity contribution is -0.186. The summed E-state index contributed by atoms with van der Waals surface area (Å²) in [5, 5.41) is 0. The van der Waals surface area contributed by atoms with Crippen LogP contribution in [-0.2, 0) is 14.3 Å². The van der Waals surface area contributed by atoms with Gasteiger partial charge in [0.1, 0.15) is 11.7 Å². The molecule has 124 valence electrons. The highest BCUT2D eigenvalue weighted by Gasteiger charge is 2.44. The van der Waals surface area contributed by atoms with Gasteiger partial charge in [-0.1, -0.05) is 24.3 Å². The SMILES string of the molecule is COC(=O)[C@H]1C(C2CC2)=Cc2ccccc2O[C@@H]1OC(C)(C)C. The second-order valence-corrected chi connectivity index (χ2v) is 7.17. The van der Waals surface area contributed by atoms with Gasteiger partial charge in [-0.15, -0.1) is 0 Å². The minimum Gasteiger partial charge on any atom is -0.468 e. The van der Waals surface area contributed by atoms with Crippen LogP contribution in [0.15, 0.2) is 29.8 Å². The predicted molar refractivity (Wildman–Crippen MR) is 87.9 cm³/mol. The van der Waals surface area contributed by atoms with Crippen molar-refractivity contribution in [2.45, 2.75) is 45.5 Å². The van der Waals surface area contributed by atoms with Gasteiger partial charge in [0.15, 0.2) is 0 Å². The number of esters is 1. The summed E-state index contributed by atoms with van der Waals surface area (Å²) in [6.07, 6.45) is 3.60. The third-order valence-electron chi connectivity index (χ3n) is 4.09. The molecule has 0 N–H and O–H groups in total. The number of hydrogen-bond donors (Lipinski definition) is 0. The van der Waals surface area contributed by atoms with Crippen molar-refractivity contribution in [1.82, 2.24) is 0 Å². The van der Waals surface area contributed by atoms with E-state index in [9.17, 15) is 4.79 Å². The van der Waals surface area contributed by atoms with Gasteiger partial charge in [0.05, 0.1) is 12.7 Å². The normalized spacial score (nSPS) is 24.1. The zero-order valence-electron chi connectivity index (χ0n) is 14.2. The van der Waals surface area contributed by atoms with Crippen molar-refractivity contribution in [2.75, 3.05) is 7.11 Å². The molecule has 0 radical (unpaired) electrons. The maximum atomic E-state index is 12.5. The van der Waals surface area contributed by atoms with E-state index in [0.29, 0.717) is 5.92 Å². The van der Waals surface area contributed by atoms with Gasteiger partial charge in [-0.3, -0.25) is 4.79 Å². The van der Waals surface area contributed by atoms with Gasteiger partial charge in [0.25, 0.3) is 0 Å². The second-order valence-electron chi connectivity index (χ2n) is 7.17. The first-order valence-corrected chi connectivity index (χ1v) is 8.12. The summed E-state index contributed by atoms with van der Waals surface area (Å²) >= 11 is 0. The van der Waals surface area contributed by atoms with E-state index in [4.69, 9.17) is 14.2 Å². The zero-order chi connectivity index (χ0) is 16.6. The van der Waals surface area contributed by atoms with Crippen molar-refractivity contribution < 1.29 is 19.0 Å². The Kier molecular flexibility index (Phi) is 4.19. The van der Waals surface area contributed by atoms with Crippen molar-refractivity contribution in [1.29, 1.82) is 0 Å². The van der Waals surface area contributed by atoms with E-state index in [1.165, 1.54) is 7.11 Å². The Balaban J connectivity index is 2.06. The molecule has 4 nitrogen and oxygen atoms in total. The van der Waals surface area contributed by atoms with Crippen LogP contribution in [0.1, 0.15) is 39.2 Å². The number of ether oxygens (including phenoxy) is 3. The minimum atomic E-state index is -0.682. The highest BCUT2D eigenvalue weighted by atomic mass is 16.7. The first-order valence-electron chi connectivity index (χ1n) is 8.12. The second kappa shape index (κ2) is 6.00. The summed E-state index contributed by atoms with van der Waals surface area (Å²) in [6, 6.07) is 7.82. The smallest absolute Gasteiger partial charge is 0.319 e. The lowest BCUT2D eigenvalue weighted by atomic mass is 9.92. The molecule has 1 fully saturated rings. The maximum Gasteiger partial charge on any atom is 0.319 e. The van der Waals surface area contributed by atoms with Crippen LogP contribution in [0.25, 0.3) is 6.08 Å². The van der Waals surface area contributed by atoms with E-state index >= 15 is 0 Å². The van der Waals surface area contributed by atoms with Gasteiger partial charge in [0, 0.05) is 5.56 Å². The van der Waals surface area contributed by atoms with E-state index in [1.54, 1.807) is 0 Å². The average molecular weight is 316 g/mol. The molecule has 1 aliphatic carbocycles. The Morgan fingerprint density at radius 2 is 1.91 bits per heavy atom. The molecule has 0 amide bonds. The Bertz CT molecular complexity index is 623. The first kappa shape index (κ1) is 16.1. The van der Waals surface area contributed by atoms with Gasteiger partial charge < -0.3 is 14.2 Å². The van der Waals surface area contributed by atoms with E-state index in [2.05, 4.69) is 6.08 Å². The van der Waals surface area contributed by atoms with Crippen molar-refractivity contribution in [3.8, 4) is 5.75 Å². The summed E-state index contributed by atoms with van der Waals surface area (Å²) in [4.78, 5) is 12.5. The van der Waals surface area contributed by atoms with Gasteiger partial charge in [-0.05, 0) is 51.2 Å². The molecule has 3 rings (SSSR count). The van der Waals surface area contributed by atoms with Crippen LogP contribution >= 0.6 is 0 Å². The first-order chi connectivity index (χ1) is 10.9. The molecule has 0 spiro atoms. The molecule has 23 heavy (non-hydrogen) atoms. The quantitative estimate of drug-likeness (QED) is 0.796. The fraction of sp³-hybridized carbons (Fsp3) is 0.526. The van der Waals surface area contributed by atoms with Crippen LogP contribution in [0.4, 0.5) is 0 Å². The van der Waals surface area contributed by atoms with Crippen LogP contribution in [0.2, 0.25) is 0 Å². The van der Waals surface area contributed by atoms with E-state index in [1.807, 2.05) is 45.0 Å². The highest BCUT2D eigenvalue weighted by molar-refractivity contribution is 5.80. The summed E-state index contributed by atoms with van der Waals surface area (Å²) in [6.45, 7) is 5.88. The van der Waals surface area contributed by atoms with E-state index in [0.717, 1.165) is 29.7 Å². The van der Waals surface area contributed by atoms with Crippen LogP contribution < -0.4 is 4.74 Å². The monoisotopic (exact) mass is 316 g/mol. The fourth-order valence-electron chi connectivity index (χ4n) is 2.93. The molecule has 2 atom stereocenters. The van der Waals surface area contributed by atoms with Crippen LogP contribution in [0, 0.1) is 11.8 Å². The third kappa shape index (κ3) is 3.58. The lowest BCUT2D eigenvalue weighted by Crippen LogP contribution is -2.41. The summed E-state index contributed by atoms with van der Waals surface area (Å²) in [5.41, 5.74) is 1.63. The molecule has 0 aromatic heterocycles. The predicted octanol–water partition coefficient (Wildman–Crippen LogP) is 3.80. The summed E-state index contributed by atoms with van der Waals surface area (Å²) in [7, 11) is 1.42. The molecule has 1 aromatic carbocycles. The minimum absolute atomic E-state index is 0.301. The van der Waals surface area contributed by atoms with Gasteiger partial charge in [-0.25, -0.2) is 0 Å². The van der Waals surface area contributed by atoms with Crippen LogP contribution in [0.3, 0.4) is 0 Å². The molecule has 4 heteroatoms. The molecule has 0 saturated heterocycles. The molecule has 0 unspecified atom stereocenters. The van der Waals surface area contributed by atoms with Crippen molar-refractivity contribution in [2.24, 2.45) is 11.8 Å². The molecule has 1 saturated carbocycles. The number of carbonyl (C=O) groups excluding carboxylic acids is 1. The number of fused-ring (bicyclic) bond motifs is 1. The number of para-hydroxylation sites is 1. The van der Waals surface area contributed by atoms with Gasteiger partial charge in [-0.2, -0.15) is 0 Å². The average Bonchev–Trinajstić information content (AvgIpc) is 3.30. The molecule has 0 bridgehead atoms. The molecule has 1 aromatic rings. The fourth-order valence-corrected chi connectivity index (χ4v) is 2.93. The number of benzene rings is 1. The van der Waals surface area contributed by atoms with Crippen molar-refractivity contribution in [3.63, 3.8) is 0 Å². The largest absolute Gasteiger partial charge is 0.468 e. The van der Waals surface area contributed by atoms with E-state index < -0.39 is 17.8 Å². The van der Waals surface area contributed by atoms with Gasteiger partial charge in [0.2, 0.25) is 6.29 Å². The highest BCUT2D eigenvalue weighted by Crippen LogP contribution is 2.46. The Labute approximate surface area is 137 Å². The van der Waals surface area contributed by atoms with Gasteiger partial charge >= 0.3 is 5.97 Å². The number of carbonyl (C=O) groups is 1. The van der Waals surface area contributed by atoms with Crippen LogP contribution in [-0.4, -0.2) is 25.0 Å². The Hall–Kier alpha value is -1.81. The molecule has 2 aliphatic rings. The molecule has 1 heterocycles. The van der Waals surface area contributed by atoms with Crippen molar-refractivity contribution >= 4 is 12.0 Å². The molecular formula is C19H24O4. The Morgan fingerprint density at radius 1 is 1.22 bits per heavy atom. The summed E-state index contributed by atoms with van der Waals surface area (Å²) in [5.74, 6) is 0.329. The standard InChI is InChI=1S/C19H24O4/c1-19(2,3)23-18-16(17(20)21-4)14(12-9-10-12)11-13-7-5-6-8-15(13)22-18/h5-8,11-12,16,18H,9-10H2,1-4H3/t16-,18-/m1/s1. The topological polar surface area (TPSA) is 44.8 Å². The number of methoxy groups -OCH3 is 1. The molecule has 1 aliphatic heterocycles. The zero-order valence-corrected chi connectivity index (χ0v) is 14.2. The number of rotatable bonds is 3. The molecular weight excluding hydrogens is 292 g/mol. The number of hydrogen-bond acceptors (Lipinski definition) is 4. The Morgan fingerprint density at radius 3 is 2.52 bits per heavy atom. The summed E-state index contributed by atoms with van der Waals surface area (Å²) < 4.78 is 17.3.